The molecule has 0 amide bonds. The number of ether oxygens (including phenoxy) is 1. The summed E-state index contributed by atoms with van der Waals surface area (Å²) >= 11 is 0. The molecule has 0 saturated carbocycles. The zero-order valence-electron chi connectivity index (χ0n) is 10.2. The van der Waals surface area contributed by atoms with Crippen molar-refractivity contribution >= 4 is 0 Å². The van der Waals surface area contributed by atoms with Gasteiger partial charge < -0.3 is 9.26 Å². The number of nitrogens with one attached hydrogen (secondary N) is 1. The average Bonchev–Trinajstić information content (AvgIpc) is 2.94. The summed E-state index contributed by atoms with van der Waals surface area (Å²) in [5, 5.41) is 10.8. The van der Waals surface area contributed by atoms with Gasteiger partial charge >= 0.3 is 0 Å². The lowest BCUT2D eigenvalue weighted by atomic mass is 10.2. The highest BCUT2D eigenvalue weighted by atomic mass is 16.5. The van der Waals surface area contributed by atoms with Crippen molar-refractivity contribution in [3.05, 3.63) is 17.6 Å². The van der Waals surface area contributed by atoms with E-state index < -0.39 is 0 Å². The zero-order valence-corrected chi connectivity index (χ0v) is 10.2. The van der Waals surface area contributed by atoms with Crippen LogP contribution in [-0.2, 0) is 4.74 Å². The smallest absolute Gasteiger partial charge is 0.278 e. The second-order valence-corrected chi connectivity index (χ2v) is 3.91. The van der Waals surface area contributed by atoms with Crippen LogP contribution in [0.2, 0.25) is 0 Å². The van der Waals surface area contributed by atoms with E-state index in [9.17, 15) is 0 Å². The fourth-order valence-electron chi connectivity index (χ4n) is 1.61. The third kappa shape index (κ3) is 2.52. The number of H-pyrrole nitrogens is 1. The van der Waals surface area contributed by atoms with Crippen molar-refractivity contribution in [1.82, 2.24) is 20.3 Å². The van der Waals surface area contributed by atoms with Crippen LogP contribution in [0.4, 0.5) is 0 Å². The number of aromatic amines is 1. The Hall–Kier alpha value is -1.69. The van der Waals surface area contributed by atoms with E-state index in [1.165, 1.54) is 0 Å². The van der Waals surface area contributed by atoms with Gasteiger partial charge in [0.1, 0.15) is 6.10 Å². The van der Waals surface area contributed by atoms with Gasteiger partial charge in [-0.3, -0.25) is 5.10 Å². The van der Waals surface area contributed by atoms with Crippen LogP contribution in [0, 0.1) is 6.92 Å². The van der Waals surface area contributed by atoms with Crippen molar-refractivity contribution in [3.63, 3.8) is 0 Å². The van der Waals surface area contributed by atoms with Gasteiger partial charge in [-0.1, -0.05) is 18.5 Å². The van der Waals surface area contributed by atoms with Crippen molar-refractivity contribution in [2.24, 2.45) is 0 Å². The summed E-state index contributed by atoms with van der Waals surface area (Å²) < 4.78 is 10.5. The number of methoxy groups -OCH3 is 1. The third-order valence-corrected chi connectivity index (χ3v) is 2.49. The van der Waals surface area contributed by atoms with Crippen molar-refractivity contribution in [3.8, 4) is 11.6 Å². The van der Waals surface area contributed by atoms with Crippen LogP contribution in [0.25, 0.3) is 11.6 Å². The van der Waals surface area contributed by atoms with Crippen LogP contribution < -0.4 is 0 Å². The molecule has 0 aromatic carbocycles. The fraction of sp³-hybridized carbons (Fsp3) is 0.545. The van der Waals surface area contributed by atoms with E-state index in [0.29, 0.717) is 17.4 Å². The zero-order chi connectivity index (χ0) is 12.3. The van der Waals surface area contributed by atoms with Crippen molar-refractivity contribution < 1.29 is 9.26 Å². The molecule has 6 nitrogen and oxygen atoms in total. The van der Waals surface area contributed by atoms with Gasteiger partial charge in [-0.25, -0.2) is 0 Å². The molecule has 0 fully saturated rings. The van der Waals surface area contributed by atoms with E-state index in [1.54, 1.807) is 7.11 Å². The molecule has 2 rings (SSSR count). The molecule has 6 heteroatoms. The van der Waals surface area contributed by atoms with Gasteiger partial charge in [0, 0.05) is 12.8 Å². The summed E-state index contributed by atoms with van der Waals surface area (Å²) in [6.45, 7) is 4.01. The maximum Gasteiger partial charge on any atom is 0.278 e. The van der Waals surface area contributed by atoms with Crippen molar-refractivity contribution in [2.45, 2.75) is 32.8 Å². The Bertz CT molecular complexity index is 477. The van der Waals surface area contributed by atoms with Crippen LogP contribution >= 0.6 is 0 Å². The van der Waals surface area contributed by atoms with Crippen LogP contribution in [-0.4, -0.2) is 27.4 Å². The molecular weight excluding hydrogens is 220 g/mol. The summed E-state index contributed by atoms with van der Waals surface area (Å²) in [6, 6.07) is 1.86. The largest absolute Gasteiger partial charge is 0.373 e. The van der Waals surface area contributed by atoms with Gasteiger partial charge in [0.05, 0.1) is 0 Å². The van der Waals surface area contributed by atoms with E-state index in [-0.39, 0.29) is 6.10 Å². The first-order valence-electron chi connectivity index (χ1n) is 5.63. The Morgan fingerprint density at radius 1 is 1.53 bits per heavy atom. The minimum atomic E-state index is -0.113. The SMILES string of the molecule is CCCC(OC)c1noc(-c2cc(C)[nH]n2)n1. The Morgan fingerprint density at radius 2 is 2.35 bits per heavy atom. The Balaban J connectivity index is 2.20. The molecule has 1 atom stereocenters. The summed E-state index contributed by atoms with van der Waals surface area (Å²) in [4.78, 5) is 4.30. The standard InChI is InChI=1S/C11H16N4O2/c1-4-5-9(16-3)10-12-11(17-15-10)8-6-7(2)13-14-8/h6,9H,4-5H2,1-3H3,(H,13,14). The predicted molar refractivity (Wildman–Crippen MR) is 61.3 cm³/mol. The monoisotopic (exact) mass is 236 g/mol. The Labute approximate surface area is 99.4 Å². The quantitative estimate of drug-likeness (QED) is 0.861. The van der Waals surface area contributed by atoms with Crippen LogP contribution in [0.3, 0.4) is 0 Å². The molecule has 0 aliphatic carbocycles. The number of aryl methyl sites for hydroxylation is 1. The number of nitrogens with zero attached hydrogens (tertiary/aromatic N) is 3. The molecule has 1 unspecified atom stereocenters. The molecule has 0 saturated heterocycles. The van der Waals surface area contributed by atoms with Gasteiger partial charge in [0.2, 0.25) is 5.82 Å². The van der Waals surface area contributed by atoms with Gasteiger partial charge in [0.25, 0.3) is 5.89 Å². The summed E-state index contributed by atoms with van der Waals surface area (Å²) in [5.74, 6) is 0.993. The van der Waals surface area contributed by atoms with Gasteiger partial charge in [-0.15, -0.1) is 0 Å². The highest BCUT2D eigenvalue weighted by Crippen LogP contribution is 2.22. The highest BCUT2D eigenvalue weighted by molar-refractivity contribution is 5.46. The number of hydrogen-bond donors (Lipinski definition) is 1. The molecule has 92 valence electrons. The highest BCUT2D eigenvalue weighted by Gasteiger charge is 2.18. The van der Waals surface area contributed by atoms with Crippen molar-refractivity contribution in [2.75, 3.05) is 7.11 Å². The lowest BCUT2D eigenvalue weighted by molar-refractivity contribution is 0.0854. The van der Waals surface area contributed by atoms with Crippen molar-refractivity contribution in [1.29, 1.82) is 0 Å². The molecule has 1 N–H and O–H groups in total. The first-order chi connectivity index (χ1) is 8.24. The average molecular weight is 236 g/mol. The molecular formula is C11H16N4O2. The van der Waals surface area contributed by atoms with Gasteiger partial charge in [-0.05, 0) is 19.4 Å². The molecule has 0 bridgehead atoms. The molecule has 2 aromatic heterocycles. The van der Waals surface area contributed by atoms with E-state index in [0.717, 1.165) is 18.5 Å². The van der Waals surface area contributed by atoms with E-state index in [4.69, 9.17) is 9.26 Å². The molecule has 2 heterocycles. The molecule has 0 spiro atoms. The first kappa shape index (κ1) is 11.8. The summed E-state index contributed by atoms with van der Waals surface area (Å²) in [5.41, 5.74) is 1.62. The minimum Gasteiger partial charge on any atom is -0.373 e. The van der Waals surface area contributed by atoms with E-state index in [2.05, 4.69) is 27.3 Å². The second kappa shape index (κ2) is 5.09. The van der Waals surface area contributed by atoms with Crippen LogP contribution in [0.15, 0.2) is 10.6 Å². The topological polar surface area (TPSA) is 76.8 Å². The molecule has 0 radical (unpaired) electrons. The first-order valence-corrected chi connectivity index (χ1v) is 5.63. The second-order valence-electron chi connectivity index (χ2n) is 3.91. The number of rotatable bonds is 5. The summed E-state index contributed by atoms with van der Waals surface area (Å²) in [7, 11) is 1.65. The van der Waals surface area contributed by atoms with Crippen LogP contribution in [0.1, 0.15) is 37.4 Å². The Morgan fingerprint density at radius 3 is 2.94 bits per heavy atom. The van der Waals surface area contributed by atoms with Gasteiger partial charge in [0.15, 0.2) is 5.69 Å². The third-order valence-electron chi connectivity index (χ3n) is 2.49. The molecule has 0 aliphatic heterocycles. The lowest BCUT2D eigenvalue weighted by Crippen LogP contribution is -2.03. The molecule has 2 aromatic rings. The van der Waals surface area contributed by atoms with E-state index >= 15 is 0 Å². The van der Waals surface area contributed by atoms with Crippen LogP contribution in [0.5, 0.6) is 0 Å². The normalized spacial score (nSPS) is 12.9. The molecule has 17 heavy (non-hydrogen) atoms. The van der Waals surface area contributed by atoms with E-state index in [1.807, 2.05) is 13.0 Å². The minimum absolute atomic E-state index is 0.113. The van der Waals surface area contributed by atoms with Gasteiger partial charge in [-0.2, -0.15) is 10.1 Å². The lowest BCUT2D eigenvalue weighted by Gasteiger charge is -2.08. The molecule has 0 aliphatic rings. The number of aromatic nitrogens is 4. The maximum absolute atomic E-state index is 5.32. The Kier molecular flexibility index (Phi) is 3.53. The summed E-state index contributed by atoms with van der Waals surface area (Å²) in [6.07, 6.45) is 1.76. The fourth-order valence-corrected chi connectivity index (χ4v) is 1.61. The number of hydrogen-bond acceptors (Lipinski definition) is 5. The predicted octanol–water partition coefficient (Wildman–Crippen LogP) is 2.26. The maximum atomic E-state index is 5.32.